The van der Waals surface area contributed by atoms with Crippen molar-refractivity contribution in [3.05, 3.63) is 24.3 Å². The van der Waals surface area contributed by atoms with Crippen LogP contribution in [0.3, 0.4) is 0 Å². The molecule has 0 N–H and O–H groups in total. The first-order valence-corrected chi connectivity index (χ1v) is 4.28. The molecular formula is C10H12O3. The second-order valence-corrected chi connectivity index (χ2v) is 2.83. The lowest BCUT2D eigenvalue weighted by atomic mass is 10.2. The van der Waals surface area contributed by atoms with E-state index in [1.807, 2.05) is 0 Å². The van der Waals surface area contributed by atoms with Gasteiger partial charge in [0.1, 0.15) is 0 Å². The molecule has 1 unspecified atom stereocenters. The van der Waals surface area contributed by atoms with Gasteiger partial charge in [-0.25, -0.2) is 0 Å². The van der Waals surface area contributed by atoms with E-state index in [-0.39, 0.29) is 11.6 Å². The molecule has 0 spiro atoms. The summed E-state index contributed by atoms with van der Waals surface area (Å²) in [4.78, 5) is 20.6. The smallest absolute Gasteiger partial charge is 0.178 e. The number of carbonyl (C=O) groups is 2. The summed E-state index contributed by atoms with van der Waals surface area (Å²) in [7, 11) is 0. The van der Waals surface area contributed by atoms with E-state index in [0.717, 1.165) is 6.61 Å². The molecule has 1 saturated heterocycles. The van der Waals surface area contributed by atoms with Crippen molar-refractivity contribution >= 4 is 11.6 Å². The van der Waals surface area contributed by atoms with Gasteiger partial charge in [0.15, 0.2) is 11.6 Å². The molecule has 1 aliphatic heterocycles. The van der Waals surface area contributed by atoms with Crippen LogP contribution in [0.2, 0.25) is 0 Å². The molecule has 1 heterocycles. The topological polar surface area (TPSA) is 46.7 Å². The van der Waals surface area contributed by atoms with Crippen LogP contribution >= 0.6 is 0 Å². The molecular weight excluding hydrogens is 168 g/mol. The van der Waals surface area contributed by atoms with Crippen LogP contribution in [-0.4, -0.2) is 24.3 Å². The maximum atomic E-state index is 10.3. The Morgan fingerprint density at radius 2 is 1.62 bits per heavy atom. The zero-order chi connectivity index (χ0) is 9.68. The Hall–Kier alpha value is -1.22. The summed E-state index contributed by atoms with van der Waals surface area (Å²) in [6.07, 6.45) is 6.84. The van der Waals surface area contributed by atoms with Crippen molar-refractivity contribution in [2.75, 3.05) is 6.61 Å². The summed E-state index contributed by atoms with van der Waals surface area (Å²) in [6.45, 7) is 3.15. The molecule has 70 valence electrons. The van der Waals surface area contributed by atoms with Gasteiger partial charge in [-0.3, -0.25) is 9.59 Å². The summed E-state index contributed by atoms with van der Waals surface area (Å²) < 4.78 is 4.86. The molecule has 2 rings (SSSR count). The van der Waals surface area contributed by atoms with Crippen molar-refractivity contribution in [2.24, 2.45) is 0 Å². The minimum Gasteiger partial charge on any atom is -0.373 e. The van der Waals surface area contributed by atoms with Crippen molar-refractivity contribution in [1.82, 2.24) is 0 Å². The highest BCUT2D eigenvalue weighted by Gasteiger charge is 2.18. The van der Waals surface area contributed by atoms with E-state index >= 15 is 0 Å². The first-order valence-electron chi connectivity index (χ1n) is 4.28. The average Bonchev–Trinajstić information content (AvgIpc) is 2.94. The Bertz CT molecular complexity index is 221. The van der Waals surface area contributed by atoms with Crippen LogP contribution < -0.4 is 0 Å². The number of carbonyl (C=O) groups excluding carboxylic acids is 2. The normalized spacial score (nSPS) is 23.9. The number of rotatable bonds is 1. The molecule has 13 heavy (non-hydrogen) atoms. The predicted molar refractivity (Wildman–Crippen MR) is 48.3 cm³/mol. The number of ketones is 2. The first kappa shape index (κ1) is 9.86. The lowest BCUT2D eigenvalue weighted by molar-refractivity contribution is -0.113. The molecule has 0 saturated carbocycles. The van der Waals surface area contributed by atoms with Crippen LogP contribution in [0.15, 0.2) is 24.3 Å². The van der Waals surface area contributed by atoms with Gasteiger partial charge in [-0.15, -0.1) is 0 Å². The number of hydrogen-bond donors (Lipinski definition) is 0. The highest BCUT2D eigenvalue weighted by Crippen LogP contribution is 2.10. The molecule has 0 radical (unpaired) electrons. The van der Waals surface area contributed by atoms with Crippen LogP contribution in [-0.2, 0) is 14.3 Å². The van der Waals surface area contributed by atoms with Crippen LogP contribution in [0.4, 0.5) is 0 Å². The maximum absolute atomic E-state index is 10.3. The van der Waals surface area contributed by atoms with Gasteiger partial charge in [0.05, 0.1) is 12.7 Å². The quantitative estimate of drug-likeness (QED) is 0.447. The Labute approximate surface area is 77.1 Å². The van der Waals surface area contributed by atoms with Crippen LogP contribution in [0.5, 0.6) is 0 Å². The number of ether oxygens (including phenoxy) is 1. The molecule has 3 nitrogen and oxygen atoms in total. The van der Waals surface area contributed by atoms with Crippen LogP contribution in [0, 0.1) is 0 Å². The van der Waals surface area contributed by atoms with Gasteiger partial charge >= 0.3 is 0 Å². The fourth-order valence-electron chi connectivity index (χ4n) is 0.743. The summed E-state index contributed by atoms with van der Waals surface area (Å²) in [6, 6.07) is 0. The second-order valence-electron chi connectivity index (χ2n) is 2.83. The second kappa shape index (κ2) is 4.72. The standard InChI is InChI=1S/C6H4O2.C4H8O/c7-5-1-2-6(8)4-3-5;1-2-4-3-5-4/h1-4H;4H,2-3H2,1H3. The molecule has 0 aromatic heterocycles. The third-order valence-corrected chi connectivity index (χ3v) is 1.68. The average molecular weight is 180 g/mol. The third-order valence-electron chi connectivity index (χ3n) is 1.68. The van der Waals surface area contributed by atoms with Crippen molar-refractivity contribution in [3.63, 3.8) is 0 Å². The van der Waals surface area contributed by atoms with Gasteiger partial charge in [0.2, 0.25) is 0 Å². The molecule has 0 aromatic carbocycles. The zero-order valence-electron chi connectivity index (χ0n) is 7.53. The molecule has 1 aliphatic carbocycles. The minimum atomic E-state index is -0.121. The molecule has 0 bridgehead atoms. The third kappa shape index (κ3) is 4.38. The van der Waals surface area contributed by atoms with E-state index < -0.39 is 0 Å². The predicted octanol–water partition coefficient (Wildman–Crippen LogP) is 1.05. The molecule has 0 aromatic rings. The van der Waals surface area contributed by atoms with Crippen molar-refractivity contribution in [2.45, 2.75) is 19.4 Å². The number of allylic oxidation sites excluding steroid dienone is 4. The Morgan fingerprint density at radius 3 is 1.77 bits per heavy atom. The summed E-state index contributed by atoms with van der Waals surface area (Å²) in [5.41, 5.74) is 0. The SMILES string of the molecule is CCC1CO1.O=C1C=CC(=O)C=C1. The zero-order valence-corrected chi connectivity index (χ0v) is 7.53. The van der Waals surface area contributed by atoms with E-state index in [1.165, 1.54) is 30.7 Å². The Kier molecular flexibility index (Phi) is 3.58. The number of epoxide rings is 1. The Morgan fingerprint density at radius 1 is 1.23 bits per heavy atom. The van der Waals surface area contributed by atoms with E-state index in [4.69, 9.17) is 4.74 Å². The van der Waals surface area contributed by atoms with Gasteiger partial charge < -0.3 is 4.74 Å². The van der Waals surface area contributed by atoms with Gasteiger partial charge in [-0.05, 0) is 30.7 Å². The fourth-order valence-corrected chi connectivity index (χ4v) is 0.743. The van der Waals surface area contributed by atoms with Crippen LogP contribution in [0.25, 0.3) is 0 Å². The highest BCUT2D eigenvalue weighted by atomic mass is 16.6. The molecule has 3 heteroatoms. The largest absolute Gasteiger partial charge is 0.373 e. The van der Waals surface area contributed by atoms with Crippen molar-refractivity contribution < 1.29 is 14.3 Å². The fraction of sp³-hybridized carbons (Fsp3) is 0.400. The maximum Gasteiger partial charge on any atom is 0.178 e. The lowest BCUT2D eigenvalue weighted by Crippen LogP contribution is -1.97. The molecule has 2 aliphatic rings. The van der Waals surface area contributed by atoms with Crippen molar-refractivity contribution in [1.29, 1.82) is 0 Å². The van der Waals surface area contributed by atoms with E-state index in [9.17, 15) is 9.59 Å². The van der Waals surface area contributed by atoms with E-state index in [1.54, 1.807) is 0 Å². The molecule has 1 fully saturated rings. The highest BCUT2D eigenvalue weighted by molar-refractivity contribution is 6.14. The minimum absolute atomic E-state index is 0.121. The van der Waals surface area contributed by atoms with E-state index in [0.29, 0.717) is 6.10 Å². The van der Waals surface area contributed by atoms with Gasteiger partial charge in [-0.1, -0.05) is 6.92 Å². The summed E-state index contributed by atoms with van der Waals surface area (Å²) >= 11 is 0. The van der Waals surface area contributed by atoms with Gasteiger partial charge in [0, 0.05) is 0 Å². The lowest BCUT2D eigenvalue weighted by Gasteiger charge is -1.87. The van der Waals surface area contributed by atoms with Gasteiger partial charge in [-0.2, -0.15) is 0 Å². The van der Waals surface area contributed by atoms with Crippen molar-refractivity contribution in [3.8, 4) is 0 Å². The van der Waals surface area contributed by atoms with Crippen LogP contribution in [0.1, 0.15) is 13.3 Å². The summed E-state index contributed by atoms with van der Waals surface area (Å²) in [5.74, 6) is -0.241. The van der Waals surface area contributed by atoms with Gasteiger partial charge in [0.25, 0.3) is 0 Å². The van der Waals surface area contributed by atoms with E-state index in [2.05, 4.69) is 6.92 Å². The first-order chi connectivity index (χ1) is 6.22. The number of hydrogen-bond acceptors (Lipinski definition) is 3. The monoisotopic (exact) mass is 180 g/mol. The summed E-state index contributed by atoms with van der Waals surface area (Å²) in [5, 5.41) is 0. The Balaban J connectivity index is 0.000000145. The molecule has 0 amide bonds. The molecule has 1 atom stereocenters.